The van der Waals surface area contributed by atoms with Crippen LogP contribution >= 0.6 is 0 Å². The van der Waals surface area contributed by atoms with Crippen molar-refractivity contribution in [3.05, 3.63) is 54.6 Å². The number of para-hydroxylation sites is 1. The van der Waals surface area contributed by atoms with Gasteiger partial charge in [0.05, 0.1) is 17.0 Å². The second-order valence-electron chi connectivity index (χ2n) is 7.95. The van der Waals surface area contributed by atoms with E-state index in [1.807, 2.05) is 54.3 Å². The van der Waals surface area contributed by atoms with E-state index in [9.17, 15) is 8.42 Å². The van der Waals surface area contributed by atoms with Crippen LogP contribution < -0.4 is 10.1 Å². The van der Waals surface area contributed by atoms with Crippen molar-refractivity contribution in [1.29, 1.82) is 0 Å². The van der Waals surface area contributed by atoms with Gasteiger partial charge in [0.15, 0.2) is 15.8 Å². The van der Waals surface area contributed by atoms with Crippen molar-refractivity contribution in [2.24, 2.45) is 4.99 Å². The molecule has 0 bridgehead atoms. The lowest BCUT2D eigenvalue weighted by molar-refractivity contribution is 0.324. The zero-order chi connectivity index (χ0) is 21.6. The summed E-state index contributed by atoms with van der Waals surface area (Å²) in [4.78, 5) is 6.71. The molecular weight excluding hydrogens is 398 g/mol. The molecule has 0 atom stereocenters. The predicted octanol–water partition coefficient (Wildman–Crippen LogP) is 3.21. The highest BCUT2D eigenvalue weighted by Gasteiger charge is 2.40. The van der Waals surface area contributed by atoms with Gasteiger partial charge < -0.3 is 15.0 Å². The third-order valence-electron chi connectivity index (χ3n) is 5.26. The highest BCUT2D eigenvalue weighted by molar-refractivity contribution is 7.92. The summed E-state index contributed by atoms with van der Waals surface area (Å²) < 4.78 is 29.8. The Balaban J connectivity index is 1.65. The van der Waals surface area contributed by atoms with Crippen LogP contribution in [0.3, 0.4) is 0 Å². The van der Waals surface area contributed by atoms with Crippen LogP contribution in [0.5, 0.6) is 5.75 Å². The molecule has 1 fully saturated rings. The molecule has 3 rings (SSSR count). The van der Waals surface area contributed by atoms with Gasteiger partial charge in [0.2, 0.25) is 0 Å². The third-order valence-corrected chi connectivity index (χ3v) is 7.79. The molecule has 2 aromatic rings. The number of nitrogens with zero attached hydrogens (tertiary/aromatic N) is 2. The Morgan fingerprint density at radius 2 is 1.83 bits per heavy atom. The van der Waals surface area contributed by atoms with E-state index in [1.165, 1.54) is 0 Å². The van der Waals surface area contributed by atoms with Gasteiger partial charge in [0.1, 0.15) is 12.4 Å². The van der Waals surface area contributed by atoms with E-state index in [0.29, 0.717) is 26.2 Å². The standard InChI is InChI=1S/C23H31N3O3S/c1-4-24-22(26-15-17-30(27,28)23(2,3)18-26)25-14-16-29-21-13-9-8-12-20(21)19-10-6-5-7-11-19/h5-13H,4,14-18H2,1-3H3,(H,24,25). The lowest BCUT2D eigenvalue weighted by atomic mass is 10.1. The van der Waals surface area contributed by atoms with Gasteiger partial charge >= 0.3 is 0 Å². The maximum Gasteiger partial charge on any atom is 0.194 e. The van der Waals surface area contributed by atoms with E-state index < -0.39 is 14.6 Å². The van der Waals surface area contributed by atoms with Gasteiger partial charge in [-0.1, -0.05) is 48.5 Å². The number of hydrogen-bond acceptors (Lipinski definition) is 4. The number of nitrogens with one attached hydrogen (secondary N) is 1. The van der Waals surface area contributed by atoms with E-state index >= 15 is 0 Å². The van der Waals surface area contributed by atoms with Crippen molar-refractivity contribution in [1.82, 2.24) is 10.2 Å². The third kappa shape index (κ3) is 5.14. The van der Waals surface area contributed by atoms with Gasteiger partial charge in [-0.15, -0.1) is 0 Å². The van der Waals surface area contributed by atoms with E-state index in [4.69, 9.17) is 4.74 Å². The number of sulfone groups is 1. The lowest BCUT2D eigenvalue weighted by Gasteiger charge is -2.39. The van der Waals surface area contributed by atoms with Crippen LogP contribution in [0, 0.1) is 0 Å². The summed E-state index contributed by atoms with van der Waals surface area (Å²) in [6, 6.07) is 18.1. The Morgan fingerprint density at radius 1 is 1.13 bits per heavy atom. The normalized spacial score (nSPS) is 18.1. The van der Waals surface area contributed by atoms with Gasteiger partial charge in [0, 0.05) is 25.2 Å². The average Bonchev–Trinajstić information content (AvgIpc) is 2.73. The number of rotatable bonds is 6. The molecule has 1 aliphatic heterocycles. The maximum atomic E-state index is 12.3. The first kappa shape index (κ1) is 22.2. The molecule has 1 N–H and O–H groups in total. The van der Waals surface area contributed by atoms with Crippen molar-refractivity contribution < 1.29 is 13.2 Å². The number of ether oxygens (including phenoxy) is 1. The molecule has 0 radical (unpaired) electrons. The van der Waals surface area contributed by atoms with Crippen LogP contribution in [-0.2, 0) is 9.84 Å². The van der Waals surface area contributed by atoms with Crippen molar-refractivity contribution >= 4 is 15.8 Å². The summed E-state index contributed by atoms with van der Waals surface area (Å²) in [6.45, 7) is 8.09. The molecule has 6 nitrogen and oxygen atoms in total. The summed E-state index contributed by atoms with van der Waals surface area (Å²) in [5.41, 5.74) is 2.17. The summed E-state index contributed by atoms with van der Waals surface area (Å²) >= 11 is 0. The summed E-state index contributed by atoms with van der Waals surface area (Å²) in [7, 11) is -3.08. The van der Waals surface area contributed by atoms with Gasteiger partial charge in [0.25, 0.3) is 0 Å². The molecule has 0 saturated carbocycles. The number of hydrogen-bond donors (Lipinski definition) is 1. The van der Waals surface area contributed by atoms with Crippen LogP contribution in [0.1, 0.15) is 20.8 Å². The maximum absolute atomic E-state index is 12.3. The lowest BCUT2D eigenvalue weighted by Crippen LogP contribution is -2.57. The highest BCUT2D eigenvalue weighted by Crippen LogP contribution is 2.29. The monoisotopic (exact) mass is 429 g/mol. The Labute approximate surface area is 179 Å². The van der Waals surface area contributed by atoms with Crippen molar-refractivity contribution in [2.45, 2.75) is 25.5 Å². The molecule has 0 spiro atoms. The molecule has 162 valence electrons. The molecule has 1 aliphatic rings. The Morgan fingerprint density at radius 3 is 2.53 bits per heavy atom. The fourth-order valence-electron chi connectivity index (χ4n) is 3.51. The summed E-state index contributed by atoms with van der Waals surface area (Å²) in [5.74, 6) is 1.71. The Kier molecular flexibility index (Phi) is 7.02. The first-order chi connectivity index (χ1) is 14.3. The minimum Gasteiger partial charge on any atom is -0.491 e. The molecule has 7 heteroatoms. The predicted molar refractivity (Wildman–Crippen MR) is 123 cm³/mol. The van der Waals surface area contributed by atoms with Crippen LogP contribution in [0.2, 0.25) is 0 Å². The fourth-order valence-corrected chi connectivity index (χ4v) is 4.87. The molecule has 0 aromatic heterocycles. The fraction of sp³-hybridized carbons (Fsp3) is 0.435. The number of guanidine groups is 1. The van der Waals surface area contributed by atoms with E-state index in [1.54, 1.807) is 13.8 Å². The smallest absolute Gasteiger partial charge is 0.194 e. The molecule has 1 saturated heterocycles. The second kappa shape index (κ2) is 9.51. The quantitative estimate of drug-likeness (QED) is 0.434. The zero-order valence-electron chi connectivity index (χ0n) is 18.0. The highest BCUT2D eigenvalue weighted by atomic mass is 32.2. The van der Waals surface area contributed by atoms with Crippen molar-refractivity contribution in [3.63, 3.8) is 0 Å². The minimum atomic E-state index is -3.08. The number of benzene rings is 2. The molecule has 30 heavy (non-hydrogen) atoms. The van der Waals surface area contributed by atoms with Crippen LogP contribution in [0.15, 0.2) is 59.6 Å². The van der Waals surface area contributed by atoms with Crippen molar-refractivity contribution in [2.75, 3.05) is 38.5 Å². The van der Waals surface area contributed by atoms with Crippen LogP contribution in [0.4, 0.5) is 0 Å². The Hall–Kier alpha value is -2.54. The SMILES string of the molecule is CCNC(=NCCOc1ccccc1-c1ccccc1)N1CCS(=O)(=O)C(C)(C)C1. The van der Waals surface area contributed by atoms with Gasteiger partial charge in [-0.3, -0.25) is 0 Å². The van der Waals surface area contributed by atoms with E-state index in [-0.39, 0.29) is 5.75 Å². The molecule has 0 amide bonds. The first-order valence-corrected chi connectivity index (χ1v) is 12.0. The first-order valence-electron chi connectivity index (χ1n) is 10.4. The van der Waals surface area contributed by atoms with Crippen LogP contribution in [-0.4, -0.2) is 62.6 Å². The van der Waals surface area contributed by atoms with E-state index in [2.05, 4.69) is 22.4 Å². The van der Waals surface area contributed by atoms with Crippen molar-refractivity contribution in [3.8, 4) is 16.9 Å². The molecule has 1 heterocycles. The van der Waals surface area contributed by atoms with Gasteiger partial charge in [-0.2, -0.15) is 0 Å². The van der Waals surface area contributed by atoms with Crippen LogP contribution in [0.25, 0.3) is 11.1 Å². The summed E-state index contributed by atoms with van der Waals surface area (Å²) in [5, 5.41) is 3.28. The largest absolute Gasteiger partial charge is 0.491 e. The average molecular weight is 430 g/mol. The molecular formula is C23H31N3O3S. The van der Waals surface area contributed by atoms with E-state index in [0.717, 1.165) is 29.4 Å². The topological polar surface area (TPSA) is 71.0 Å². The minimum absolute atomic E-state index is 0.144. The molecule has 2 aromatic carbocycles. The second-order valence-corrected chi connectivity index (χ2v) is 10.7. The van der Waals surface area contributed by atoms with Gasteiger partial charge in [-0.05, 0) is 32.4 Å². The molecule has 0 unspecified atom stereocenters. The number of aliphatic imine (C=N–C) groups is 1. The molecule has 0 aliphatic carbocycles. The summed E-state index contributed by atoms with van der Waals surface area (Å²) in [6.07, 6.45) is 0. The zero-order valence-corrected chi connectivity index (χ0v) is 18.8. The Bertz CT molecular complexity index is 972. The van der Waals surface area contributed by atoms with Gasteiger partial charge in [-0.25, -0.2) is 13.4 Å².